The van der Waals surface area contributed by atoms with Gasteiger partial charge in [-0.05, 0) is 43.7 Å². The lowest BCUT2D eigenvalue weighted by molar-refractivity contribution is 0.102. The monoisotopic (exact) mass is 422 g/mol. The van der Waals surface area contributed by atoms with Crippen molar-refractivity contribution in [2.75, 3.05) is 19.0 Å². The zero-order valence-corrected chi connectivity index (χ0v) is 17.4. The molecule has 2 aromatic heterocycles. The van der Waals surface area contributed by atoms with Gasteiger partial charge in [0.15, 0.2) is 0 Å². The van der Waals surface area contributed by atoms with Crippen LogP contribution in [0, 0.1) is 17.2 Å². The average molecular weight is 423 g/mol. The molecule has 1 aliphatic rings. The van der Waals surface area contributed by atoms with E-state index in [9.17, 15) is 9.90 Å². The Hall–Kier alpha value is -3.02. The number of aliphatic hydroxyl groups excluding tert-OH is 1. The molecule has 0 radical (unpaired) electrons. The highest BCUT2D eigenvalue weighted by atomic mass is 32.1. The molecule has 30 heavy (non-hydrogen) atoms. The number of thiazole rings is 1. The summed E-state index contributed by atoms with van der Waals surface area (Å²) >= 11 is 1.64. The molecule has 0 bridgehead atoms. The predicted octanol–water partition coefficient (Wildman–Crippen LogP) is 4.09. The van der Waals surface area contributed by atoms with Crippen LogP contribution < -0.4 is 10.1 Å². The van der Waals surface area contributed by atoms with Gasteiger partial charge in [0.05, 0.1) is 39.1 Å². The topological polar surface area (TPSA) is 108 Å². The summed E-state index contributed by atoms with van der Waals surface area (Å²) < 4.78 is 6.45. The van der Waals surface area contributed by atoms with Crippen molar-refractivity contribution in [3.63, 3.8) is 0 Å². The zero-order valence-electron chi connectivity index (χ0n) is 16.6. The molecule has 3 aromatic rings. The van der Waals surface area contributed by atoms with Crippen molar-refractivity contribution in [2.45, 2.75) is 31.6 Å². The van der Waals surface area contributed by atoms with Crippen LogP contribution in [0.1, 0.15) is 52.5 Å². The molecule has 0 spiro atoms. The molecule has 0 unspecified atom stereocenters. The number of nitrogens with one attached hydrogen (secondary N) is 1. The Kier molecular flexibility index (Phi) is 5.93. The maximum atomic E-state index is 12.6. The van der Waals surface area contributed by atoms with E-state index in [0.717, 1.165) is 40.9 Å². The van der Waals surface area contributed by atoms with Gasteiger partial charge in [-0.2, -0.15) is 5.26 Å². The molecule has 1 saturated carbocycles. The van der Waals surface area contributed by atoms with Crippen molar-refractivity contribution >= 4 is 33.1 Å². The number of nitrogens with zero attached hydrogens (tertiary/aromatic N) is 3. The van der Waals surface area contributed by atoms with E-state index < -0.39 is 0 Å². The van der Waals surface area contributed by atoms with Gasteiger partial charge in [-0.1, -0.05) is 0 Å². The molecule has 2 heterocycles. The van der Waals surface area contributed by atoms with E-state index in [1.807, 2.05) is 18.2 Å². The van der Waals surface area contributed by atoms with Crippen LogP contribution in [0.2, 0.25) is 0 Å². The first-order chi connectivity index (χ1) is 14.6. The van der Waals surface area contributed by atoms with E-state index in [0.29, 0.717) is 34.4 Å². The van der Waals surface area contributed by atoms with E-state index in [1.165, 1.54) is 18.5 Å². The second kappa shape index (κ2) is 8.78. The third-order valence-electron chi connectivity index (χ3n) is 5.56. The molecule has 0 atom stereocenters. The molecular formula is C22H22N4O3S. The lowest BCUT2D eigenvalue weighted by atomic mass is 9.83. The van der Waals surface area contributed by atoms with Gasteiger partial charge >= 0.3 is 0 Å². The summed E-state index contributed by atoms with van der Waals surface area (Å²) in [7, 11) is 1.55. The Bertz CT molecular complexity index is 1110. The maximum Gasteiger partial charge on any atom is 0.257 e. The van der Waals surface area contributed by atoms with E-state index in [1.54, 1.807) is 18.4 Å². The van der Waals surface area contributed by atoms with Gasteiger partial charge in [0.2, 0.25) is 0 Å². The minimum Gasteiger partial charge on any atom is -0.494 e. The quantitative estimate of drug-likeness (QED) is 0.641. The average Bonchev–Trinajstić information content (AvgIpc) is 3.21. The van der Waals surface area contributed by atoms with Gasteiger partial charge in [-0.25, -0.2) is 4.98 Å². The SMILES string of the molecule is COc1cc2nc(C3CCC(CO)CC3)sc2cc1NC(=O)c1cncc(C#N)c1. The molecule has 8 heteroatoms. The normalized spacial score (nSPS) is 18.7. The lowest BCUT2D eigenvalue weighted by Crippen LogP contribution is -2.15. The number of benzene rings is 1. The van der Waals surface area contributed by atoms with Crippen LogP contribution in [0.4, 0.5) is 5.69 Å². The van der Waals surface area contributed by atoms with Crippen molar-refractivity contribution in [2.24, 2.45) is 5.92 Å². The van der Waals surface area contributed by atoms with Crippen molar-refractivity contribution < 1.29 is 14.6 Å². The number of carbonyl (C=O) groups excluding carboxylic acids is 1. The smallest absolute Gasteiger partial charge is 0.257 e. The first-order valence-corrected chi connectivity index (χ1v) is 10.7. The van der Waals surface area contributed by atoms with Crippen LogP contribution in [-0.2, 0) is 0 Å². The highest BCUT2D eigenvalue weighted by molar-refractivity contribution is 7.18. The minimum absolute atomic E-state index is 0.264. The number of ether oxygens (including phenoxy) is 1. The summed E-state index contributed by atoms with van der Waals surface area (Å²) in [4.78, 5) is 21.4. The number of aliphatic hydroxyl groups is 1. The molecule has 2 N–H and O–H groups in total. The minimum atomic E-state index is -0.357. The number of hydrogen-bond acceptors (Lipinski definition) is 7. The Morgan fingerprint density at radius 2 is 2.10 bits per heavy atom. The Morgan fingerprint density at radius 3 is 2.80 bits per heavy atom. The van der Waals surface area contributed by atoms with Gasteiger partial charge in [0, 0.05) is 31.0 Å². The number of hydrogen-bond donors (Lipinski definition) is 2. The molecule has 1 aromatic carbocycles. The second-order valence-electron chi connectivity index (χ2n) is 7.50. The summed E-state index contributed by atoms with van der Waals surface area (Å²) in [6.07, 6.45) is 6.96. The van der Waals surface area contributed by atoms with E-state index in [4.69, 9.17) is 15.0 Å². The van der Waals surface area contributed by atoms with Crippen LogP contribution in [0.25, 0.3) is 10.2 Å². The van der Waals surface area contributed by atoms with E-state index in [2.05, 4.69) is 10.3 Å². The predicted molar refractivity (Wildman–Crippen MR) is 115 cm³/mol. The molecule has 0 saturated heterocycles. The van der Waals surface area contributed by atoms with Gasteiger partial charge in [-0.3, -0.25) is 9.78 Å². The first-order valence-electron chi connectivity index (χ1n) is 9.87. The van der Waals surface area contributed by atoms with Gasteiger partial charge in [0.25, 0.3) is 5.91 Å². The molecule has 0 aliphatic heterocycles. The van der Waals surface area contributed by atoms with Crippen LogP contribution in [0.15, 0.2) is 30.6 Å². The number of anilines is 1. The summed E-state index contributed by atoms with van der Waals surface area (Å²) in [6.45, 7) is 0.264. The second-order valence-corrected chi connectivity index (χ2v) is 8.56. The van der Waals surface area contributed by atoms with Crippen molar-refractivity contribution in [1.29, 1.82) is 5.26 Å². The standard InChI is InChI=1S/C22H22N4O3S/c1-29-19-7-18-20(30-22(26-18)15-4-2-13(12-27)3-5-15)8-17(19)25-21(28)16-6-14(9-23)10-24-11-16/h6-8,10-11,13,15,27H,2-5,12H2,1H3,(H,25,28). The summed E-state index contributed by atoms with van der Waals surface area (Å²) in [5, 5.41) is 22.3. The van der Waals surface area contributed by atoms with Crippen LogP contribution >= 0.6 is 11.3 Å². The van der Waals surface area contributed by atoms with Crippen LogP contribution in [0.3, 0.4) is 0 Å². The Balaban J connectivity index is 1.59. The fourth-order valence-electron chi connectivity index (χ4n) is 3.83. The summed E-state index contributed by atoms with van der Waals surface area (Å²) in [5.74, 6) is 0.992. The van der Waals surface area contributed by atoms with Gasteiger partial charge < -0.3 is 15.2 Å². The Morgan fingerprint density at radius 1 is 1.30 bits per heavy atom. The number of methoxy groups -OCH3 is 1. The third-order valence-corrected chi connectivity index (χ3v) is 6.74. The van der Waals surface area contributed by atoms with Crippen molar-refractivity contribution in [3.05, 3.63) is 46.7 Å². The number of aromatic nitrogens is 2. The number of nitriles is 1. The number of carbonyl (C=O) groups is 1. The summed E-state index contributed by atoms with van der Waals surface area (Å²) in [5.41, 5.74) is 2.04. The van der Waals surface area contributed by atoms with Gasteiger partial charge in [-0.15, -0.1) is 11.3 Å². The highest BCUT2D eigenvalue weighted by Crippen LogP contribution is 2.41. The molecule has 1 aliphatic carbocycles. The molecule has 1 fully saturated rings. The van der Waals surface area contributed by atoms with E-state index in [-0.39, 0.29) is 12.5 Å². The molecule has 7 nitrogen and oxygen atoms in total. The number of pyridine rings is 1. The van der Waals surface area contributed by atoms with Crippen molar-refractivity contribution in [1.82, 2.24) is 9.97 Å². The largest absolute Gasteiger partial charge is 0.494 e. The number of rotatable bonds is 5. The van der Waals surface area contributed by atoms with Crippen LogP contribution in [-0.4, -0.2) is 34.7 Å². The molecular weight excluding hydrogens is 400 g/mol. The lowest BCUT2D eigenvalue weighted by Gasteiger charge is -2.25. The first kappa shape index (κ1) is 20.3. The van der Waals surface area contributed by atoms with Crippen molar-refractivity contribution in [3.8, 4) is 11.8 Å². The highest BCUT2D eigenvalue weighted by Gasteiger charge is 2.25. The fourth-order valence-corrected chi connectivity index (χ4v) is 4.98. The van der Waals surface area contributed by atoms with E-state index >= 15 is 0 Å². The Labute approximate surface area is 178 Å². The van der Waals surface area contributed by atoms with Crippen LogP contribution in [0.5, 0.6) is 5.75 Å². The third kappa shape index (κ3) is 4.13. The maximum absolute atomic E-state index is 12.6. The van der Waals surface area contributed by atoms with Gasteiger partial charge in [0.1, 0.15) is 11.8 Å². The summed E-state index contributed by atoms with van der Waals surface area (Å²) in [6, 6.07) is 7.21. The number of amides is 1. The molecule has 154 valence electrons. The zero-order chi connectivity index (χ0) is 21.1. The fraction of sp³-hybridized carbons (Fsp3) is 0.364. The molecule has 4 rings (SSSR count). The number of fused-ring (bicyclic) bond motifs is 1. The molecule has 1 amide bonds.